The molecule has 0 heterocycles. The molecule has 0 saturated carbocycles. The quantitative estimate of drug-likeness (QED) is 0.706. The van der Waals surface area contributed by atoms with E-state index in [0.717, 1.165) is 38.9 Å². The first-order valence-corrected chi connectivity index (χ1v) is 8.35. The summed E-state index contributed by atoms with van der Waals surface area (Å²) >= 11 is 7.09. The summed E-state index contributed by atoms with van der Waals surface area (Å²) in [6.07, 6.45) is 2.13. The molecular formula is C16H16Br2N2O. The summed E-state index contributed by atoms with van der Waals surface area (Å²) in [6, 6.07) is 10.5. The van der Waals surface area contributed by atoms with Gasteiger partial charge >= 0.3 is 0 Å². The van der Waals surface area contributed by atoms with Gasteiger partial charge in [0.25, 0.3) is 0 Å². The molecule has 1 unspecified atom stereocenters. The van der Waals surface area contributed by atoms with E-state index < -0.39 is 0 Å². The van der Waals surface area contributed by atoms with Gasteiger partial charge in [0.1, 0.15) is 5.75 Å². The Labute approximate surface area is 141 Å². The van der Waals surface area contributed by atoms with Crippen molar-refractivity contribution in [2.75, 3.05) is 18.2 Å². The number of nitrogens with one attached hydrogen (secondary N) is 1. The number of methoxy groups -OCH3 is 1. The number of anilines is 2. The van der Waals surface area contributed by atoms with Crippen LogP contribution in [-0.2, 0) is 6.42 Å². The Kier molecular flexibility index (Phi) is 4.13. The molecule has 0 fully saturated rings. The summed E-state index contributed by atoms with van der Waals surface area (Å²) in [5.41, 5.74) is 10.4. The molecule has 0 bridgehead atoms. The molecule has 1 atom stereocenters. The van der Waals surface area contributed by atoms with Gasteiger partial charge < -0.3 is 15.8 Å². The highest BCUT2D eigenvalue weighted by Gasteiger charge is 2.23. The van der Waals surface area contributed by atoms with Crippen LogP contribution in [0.3, 0.4) is 0 Å². The van der Waals surface area contributed by atoms with Crippen molar-refractivity contribution in [3.8, 4) is 5.75 Å². The summed E-state index contributed by atoms with van der Waals surface area (Å²) in [5.74, 6) is 0.816. The topological polar surface area (TPSA) is 47.3 Å². The molecule has 0 aliphatic heterocycles. The number of hydrogen-bond acceptors (Lipinski definition) is 3. The van der Waals surface area contributed by atoms with E-state index in [4.69, 9.17) is 10.5 Å². The standard InChI is InChI=1S/C16H16Br2N2O/c1-21-16-8-15(12(17)7-13(16)18)20-14-5-2-9-6-10(19)3-4-11(9)14/h3-4,6-8,14,20H,2,5,19H2,1H3. The van der Waals surface area contributed by atoms with E-state index in [-0.39, 0.29) is 0 Å². The number of nitrogens with two attached hydrogens (primary N) is 1. The molecule has 110 valence electrons. The third kappa shape index (κ3) is 2.90. The summed E-state index contributed by atoms with van der Waals surface area (Å²) in [4.78, 5) is 0. The average molecular weight is 412 g/mol. The summed E-state index contributed by atoms with van der Waals surface area (Å²) in [7, 11) is 1.67. The Morgan fingerprint density at radius 1 is 1.19 bits per heavy atom. The molecule has 5 heteroatoms. The van der Waals surface area contributed by atoms with Gasteiger partial charge in [-0.1, -0.05) is 6.07 Å². The first-order chi connectivity index (χ1) is 10.1. The summed E-state index contributed by atoms with van der Waals surface area (Å²) in [6.45, 7) is 0. The van der Waals surface area contributed by atoms with Gasteiger partial charge in [-0.25, -0.2) is 0 Å². The zero-order chi connectivity index (χ0) is 15.0. The van der Waals surface area contributed by atoms with Gasteiger partial charge in [0, 0.05) is 16.2 Å². The molecule has 1 aliphatic carbocycles. The molecular weight excluding hydrogens is 396 g/mol. The normalized spacial score (nSPS) is 16.6. The first kappa shape index (κ1) is 14.7. The maximum Gasteiger partial charge on any atom is 0.135 e. The van der Waals surface area contributed by atoms with Crippen LogP contribution in [-0.4, -0.2) is 7.11 Å². The maximum atomic E-state index is 5.86. The van der Waals surface area contributed by atoms with Crippen LogP contribution >= 0.6 is 31.9 Å². The Hall–Kier alpha value is -1.20. The lowest BCUT2D eigenvalue weighted by Crippen LogP contribution is -2.08. The lowest BCUT2D eigenvalue weighted by Gasteiger charge is -2.18. The smallest absolute Gasteiger partial charge is 0.135 e. The molecule has 0 spiro atoms. The molecule has 0 aromatic heterocycles. The van der Waals surface area contributed by atoms with Crippen molar-refractivity contribution in [2.24, 2.45) is 0 Å². The number of rotatable bonds is 3. The largest absolute Gasteiger partial charge is 0.495 e. The lowest BCUT2D eigenvalue weighted by atomic mass is 10.1. The van der Waals surface area contributed by atoms with Crippen LogP contribution in [0.15, 0.2) is 39.3 Å². The Morgan fingerprint density at radius 3 is 2.76 bits per heavy atom. The molecule has 3 nitrogen and oxygen atoms in total. The van der Waals surface area contributed by atoms with Gasteiger partial charge in [-0.3, -0.25) is 0 Å². The van der Waals surface area contributed by atoms with Gasteiger partial charge in [-0.15, -0.1) is 0 Å². The highest BCUT2D eigenvalue weighted by atomic mass is 79.9. The number of nitrogen functional groups attached to an aromatic ring is 1. The Bertz CT molecular complexity index is 688. The highest BCUT2D eigenvalue weighted by molar-refractivity contribution is 9.11. The SMILES string of the molecule is COc1cc(NC2CCc3cc(N)ccc32)c(Br)cc1Br. The van der Waals surface area contributed by atoms with E-state index in [1.807, 2.05) is 18.2 Å². The van der Waals surface area contributed by atoms with Crippen LogP contribution in [0.4, 0.5) is 11.4 Å². The third-order valence-corrected chi connectivity index (χ3v) is 5.09. The first-order valence-electron chi connectivity index (χ1n) is 6.76. The highest BCUT2D eigenvalue weighted by Crippen LogP contribution is 2.39. The Balaban J connectivity index is 1.89. The molecule has 0 amide bonds. The van der Waals surface area contributed by atoms with Crippen LogP contribution in [0.25, 0.3) is 0 Å². The summed E-state index contributed by atoms with van der Waals surface area (Å²) < 4.78 is 7.31. The number of benzene rings is 2. The minimum Gasteiger partial charge on any atom is -0.495 e. The van der Waals surface area contributed by atoms with Gasteiger partial charge in [-0.05, 0) is 74.0 Å². The lowest BCUT2D eigenvalue weighted by molar-refractivity contribution is 0.412. The van der Waals surface area contributed by atoms with E-state index in [1.54, 1.807) is 7.11 Å². The fraction of sp³-hybridized carbons (Fsp3) is 0.250. The van der Waals surface area contributed by atoms with Crippen molar-refractivity contribution in [3.05, 3.63) is 50.4 Å². The number of aryl methyl sites for hydroxylation is 1. The third-order valence-electron chi connectivity index (χ3n) is 3.82. The molecule has 2 aromatic carbocycles. The zero-order valence-electron chi connectivity index (χ0n) is 11.6. The van der Waals surface area contributed by atoms with Crippen molar-refractivity contribution in [3.63, 3.8) is 0 Å². The summed E-state index contributed by atoms with van der Waals surface area (Å²) in [5, 5.41) is 3.60. The molecule has 1 aliphatic rings. The number of fused-ring (bicyclic) bond motifs is 1. The predicted octanol–water partition coefficient (Wildman–Crippen LogP) is 4.90. The van der Waals surface area contributed by atoms with E-state index >= 15 is 0 Å². The maximum absolute atomic E-state index is 5.86. The molecule has 2 aromatic rings. The van der Waals surface area contributed by atoms with Crippen molar-refractivity contribution in [1.82, 2.24) is 0 Å². The van der Waals surface area contributed by atoms with E-state index in [9.17, 15) is 0 Å². The number of ether oxygens (including phenoxy) is 1. The van der Waals surface area contributed by atoms with Crippen molar-refractivity contribution >= 4 is 43.2 Å². The van der Waals surface area contributed by atoms with Crippen LogP contribution in [0, 0.1) is 0 Å². The van der Waals surface area contributed by atoms with E-state index in [2.05, 4.69) is 49.3 Å². The monoisotopic (exact) mass is 410 g/mol. The van der Waals surface area contributed by atoms with Crippen LogP contribution < -0.4 is 15.8 Å². The second-order valence-electron chi connectivity index (χ2n) is 5.16. The molecule has 21 heavy (non-hydrogen) atoms. The fourth-order valence-corrected chi connectivity index (χ4v) is 4.04. The molecule has 3 N–H and O–H groups in total. The predicted molar refractivity (Wildman–Crippen MR) is 93.9 cm³/mol. The van der Waals surface area contributed by atoms with Crippen molar-refractivity contribution in [2.45, 2.75) is 18.9 Å². The molecule has 0 saturated heterocycles. The molecule has 0 radical (unpaired) electrons. The average Bonchev–Trinajstić information content (AvgIpc) is 2.84. The van der Waals surface area contributed by atoms with E-state index in [1.165, 1.54) is 11.1 Å². The van der Waals surface area contributed by atoms with Crippen molar-refractivity contribution in [1.29, 1.82) is 0 Å². The molecule has 3 rings (SSSR count). The van der Waals surface area contributed by atoms with Gasteiger partial charge in [0.05, 0.1) is 23.3 Å². The zero-order valence-corrected chi connectivity index (χ0v) is 14.8. The second-order valence-corrected chi connectivity index (χ2v) is 6.87. The van der Waals surface area contributed by atoms with Gasteiger partial charge in [-0.2, -0.15) is 0 Å². The van der Waals surface area contributed by atoms with Crippen LogP contribution in [0.5, 0.6) is 5.75 Å². The fourth-order valence-electron chi connectivity index (χ4n) is 2.77. The minimum absolute atomic E-state index is 0.308. The second kappa shape index (κ2) is 5.89. The number of hydrogen-bond donors (Lipinski definition) is 2. The van der Waals surface area contributed by atoms with Gasteiger partial charge in [0.15, 0.2) is 0 Å². The Morgan fingerprint density at radius 2 is 2.00 bits per heavy atom. The van der Waals surface area contributed by atoms with E-state index in [0.29, 0.717) is 6.04 Å². The van der Waals surface area contributed by atoms with Crippen LogP contribution in [0.1, 0.15) is 23.6 Å². The van der Waals surface area contributed by atoms with Crippen molar-refractivity contribution < 1.29 is 4.74 Å². The number of halogens is 2. The van der Waals surface area contributed by atoms with Crippen LogP contribution in [0.2, 0.25) is 0 Å². The van der Waals surface area contributed by atoms with Gasteiger partial charge in [0.2, 0.25) is 0 Å². The minimum atomic E-state index is 0.308.